The Morgan fingerprint density at radius 2 is 2.00 bits per heavy atom. The van der Waals surface area contributed by atoms with Crippen LogP contribution in [-0.2, 0) is 4.79 Å². The van der Waals surface area contributed by atoms with Gasteiger partial charge in [-0.2, -0.15) is 0 Å². The summed E-state index contributed by atoms with van der Waals surface area (Å²) in [6.07, 6.45) is 0. The number of carbonyl (C=O) groups excluding carboxylic acids is 1. The molecule has 0 saturated heterocycles. The average Bonchev–Trinajstić information content (AvgIpc) is 2.41. The third-order valence-corrected chi connectivity index (χ3v) is 3.77. The van der Waals surface area contributed by atoms with Crippen LogP contribution in [-0.4, -0.2) is 11.2 Å². The molecule has 1 amide bonds. The normalized spacial score (nSPS) is 11.9. The molecule has 20 heavy (non-hydrogen) atoms. The van der Waals surface area contributed by atoms with Crippen LogP contribution in [0.4, 0.5) is 15.8 Å². The number of carbonyl (C=O) groups is 1. The van der Waals surface area contributed by atoms with Gasteiger partial charge in [-0.1, -0.05) is 18.2 Å². The predicted octanol–water partition coefficient (Wildman–Crippen LogP) is 3.53. The lowest BCUT2D eigenvalue weighted by Gasteiger charge is -2.12. The molecule has 3 N–H and O–H groups in total. The van der Waals surface area contributed by atoms with Gasteiger partial charge in [0.05, 0.1) is 10.9 Å². The number of rotatable bonds is 4. The highest BCUT2D eigenvalue weighted by Crippen LogP contribution is 2.26. The van der Waals surface area contributed by atoms with Crippen molar-refractivity contribution in [1.82, 2.24) is 0 Å². The van der Waals surface area contributed by atoms with E-state index in [-0.39, 0.29) is 16.8 Å². The summed E-state index contributed by atoms with van der Waals surface area (Å²) in [6, 6.07) is 13.4. The van der Waals surface area contributed by atoms with E-state index in [1.54, 1.807) is 31.2 Å². The molecular formula is C15H15FN2OS. The Kier molecular flexibility index (Phi) is 4.63. The van der Waals surface area contributed by atoms with Crippen LogP contribution in [0.5, 0.6) is 0 Å². The molecular weight excluding hydrogens is 275 g/mol. The van der Waals surface area contributed by atoms with Gasteiger partial charge in [0.1, 0.15) is 5.82 Å². The second-order valence-electron chi connectivity index (χ2n) is 4.30. The minimum atomic E-state index is -0.443. The zero-order valence-electron chi connectivity index (χ0n) is 11.0. The van der Waals surface area contributed by atoms with Crippen molar-refractivity contribution < 1.29 is 9.18 Å². The van der Waals surface area contributed by atoms with Crippen LogP contribution in [0.3, 0.4) is 0 Å². The molecule has 1 atom stereocenters. The molecule has 0 aliphatic carbocycles. The van der Waals surface area contributed by atoms with Crippen LogP contribution >= 0.6 is 11.8 Å². The van der Waals surface area contributed by atoms with E-state index >= 15 is 0 Å². The van der Waals surface area contributed by atoms with Crippen LogP contribution in [0.1, 0.15) is 6.92 Å². The van der Waals surface area contributed by atoms with Gasteiger partial charge in [-0.25, -0.2) is 4.39 Å². The van der Waals surface area contributed by atoms with E-state index in [4.69, 9.17) is 5.73 Å². The van der Waals surface area contributed by atoms with Crippen molar-refractivity contribution in [3.8, 4) is 0 Å². The zero-order chi connectivity index (χ0) is 14.5. The van der Waals surface area contributed by atoms with Gasteiger partial charge in [0.15, 0.2) is 0 Å². The summed E-state index contributed by atoms with van der Waals surface area (Å²) < 4.78 is 13.5. The Morgan fingerprint density at radius 1 is 1.25 bits per heavy atom. The highest BCUT2D eigenvalue weighted by molar-refractivity contribution is 8.00. The highest BCUT2D eigenvalue weighted by atomic mass is 32.2. The number of nitrogens with one attached hydrogen (secondary N) is 1. The monoisotopic (exact) mass is 290 g/mol. The summed E-state index contributed by atoms with van der Waals surface area (Å²) in [5, 5.41) is 2.23. The number of thioether (sulfide) groups is 1. The molecule has 0 radical (unpaired) electrons. The average molecular weight is 290 g/mol. The number of hydrogen-bond donors (Lipinski definition) is 2. The summed E-state index contributed by atoms with van der Waals surface area (Å²) in [5.74, 6) is -0.690. The van der Waals surface area contributed by atoms with E-state index in [1.807, 2.05) is 12.1 Å². The minimum absolute atomic E-state index is 0.192. The van der Waals surface area contributed by atoms with Crippen molar-refractivity contribution >= 4 is 29.0 Å². The number of nitrogens with two attached hydrogens (primary N) is 1. The van der Waals surface area contributed by atoms with Gasteiger partial charge < -0.3 is 11.1 Å². The first kappa shape index (κ1) is 14.4. The molecule has 0 aromatic heterocycles. The fourth-order valence-corrected chi connectivity index (χ4v) is 2.58. The summed E-state index contributed by atoms with van der Waals surface area (Å²) in [6.45, 7) is 1.77. The van der Waals surface area contributed by atoms with Gasteiger partial charge in [-0.3, -0.25) is 4.79 Å². The Morgan fingerprint density at radius 3 is 2.70 bits per heavy atom. The summed E-state index contributed by atoms with van der Waals surface area (Å²) in [7, 11) is 0. The Balaban J connectivity index is 2.01. The standard InChI is InChI=1S/C15H15FN2OS/c1-10(20-12-6-4-5-11(17)9-12)15(19)18-14-8-3-2-7-13(14)16/h2-10H,17H2,1H3,(H,18,19). The molecule has 2 rings (SSSR count). The first-order valence-corrected chi connectivity index (χ1v) is 7.02. The van der Waals surface area contributed by atoms with Crippen LogP contribution in [0.25, 0.3) is 0 Å². The van der Waals surface area contributed by atoms with Gasteiger partial charge in [0, 0.05) is 10.6 Å². The maximum atomic E-state index is 13.5. The molecule has 5 heteroatoms. The first-order chi connectivity index (χ1) is 9.56. The Hall–Kier alpha value is -2.01. The van der Waals surface area contributed by atoms with E-state index < -0.39 is 5.82 Å². The summed E-state index contributed by atoms with van der Waals surface area (Å²) in [4.78, 5) is 12.9. The fourth-order valence-electron chi connectivity index (χ4n) is 1.64. The van der Waals surface area contributed by atoms with Crippen molar-refractivity contribution in [2.45, 2.75) is 17.1 Å². The van der Waals surface area contributed by atoms with E-state index in [0.717, 1.165) is 4.90 Å². The maximum Gasteiger partial charge on any atom is 0.237 e. The van der Waals surface area contributed by atoms with Crippen molar-refractivity contribution in [1.29, 1.82) is 0 Å². The van der Waals surface area contributed by atoms with Gasteiger partial charge in [-0.05, 0) is 37.3 Å². The lowest BCUT2D eigenvalue weighted by Crippen LogP contribution is -2.22. The molecule has 1 unspecified atom stereocenters. The maximum absolute atomic E-state index is 13.5. The number of halogens is 1. The number of hydrogen-bond acceptors (Lipinski definition) is 3. The fraction of sp³-hybridized carbons (Fsp3) is 0.133. The number of nitrogen functional groups attached to an aromatic ring is 1. The van der Waals surface area contributed by atoms with Crippen molar-refractivity contribution in [2.75, 3.05) is 11.1 Å². The molecule has 0 heterocycles. The molecule has 2 aromatic rings. The topological polar surface area (TPSA) is 55.1 Å². The second kappa shape index (κ2) is 6.43. The van der Waals surface area contributed by atoms with E-state index in [0.29, 0.717) is 5.69 Å². The number of para-hydroxylation sites is 1. The van der Waals surface area contributed by atoms with Crippen molar-refractivity contribution in [2.24, 2.45) is 0 Å². The van der Waals surface area contributed by atoms with Crippen LogP contribution < -0.4 is 11.1 Å². The number of anilines is 2. The highest BCUT2D eigenvalue weighted by Gasteiger charge is 2.15. The quantitative estimate of drug-likeness (QED) is 0.669. The third kappa shape index (κ3) is 3.74. The van der Waals surface area contributed by atoms with Crippen LogP contribution in [0, 0.1) is 5.82 Å². The smallest absolute Gasteiger partial charge is 0.237 e. The third-order valence-electron chi connectivity index (χ3n) is 2.67. The van der Waals surface area contributed by atoms with Gasteiger partial charge in [-0.15, -0.1) is 11.8 Å². The SMILES string of the molecule is CC(Sc1cccc(N)c1)C(=O)Nc1ccccc1F. The van der Waals surface area contributed by atoms with E-state index in [2.05, 4.69) is 5.32 Å². The molecule has 0 bridgehead atoms. The molecule has 104 valence electrons. The largest absolute Gasteiger partial charge is 0.399 e. The van der Waals surface area contributed by atoms with E-state index in [9.17, 15) is 9.18 Å². The van der Waals surface area contributed by atoms with Crippen LogP contribution in [0.2, 0.25) is 0 Å². The summed E-state index contributed by atoms with van der Waals surface area (Å²) in [5.41, 5.74) is 6.53. The van der Waals surface area contributed by atoms with Gasteiger partial charge in [0.2, 0.25) is 5.91 Å². The molecule has 3 nitrogen and oxygen atoms in total. The molecule has 0 spiro atoms. The van der Waals surface area contributed by atoms with Gasteiger partial charge in [0.25, 0.3) is 0 Å². The lowest BCUT2D eigenvalue weighted by molar-refractivity contribution is -0.115. The minimum Gasteiger partial charge on any atom is -0.399 e. The molecule has 2 aromatic carbocycles. The second-order valence-corrected chi connectivity index (χ2v) is 5.72. The summed E-state index contributed by atoms with van der Waals surface area (Å²) >= 11 is 1.38. The lowest BCUT2D eigenvalue weighted by atomic mass is 10.3. The molecule has 0 saturated carbocycles. The number of benzene rings is 2. The Bertz CT molecular complexity index is 618. The van der Waals surface area contributed by atoms with E-state index in [1.165, 1.54) is 23.9 Å². The molecule has 0 aliphatic heterocycles. The first-order valence-electron chi connectivity index (χ1n) is 6.14. The molecule has 0 aliphatic rings. The van der Waals surface area contributed by atoms with Crippen LogP contribution in [0.15, 0.2) is 53.4 Å². The zero-order valence-corrected chi connectivity index (χ0v) is 11.8. The van der Waals surface area contributed by atoms with Crippen molar-refractivity contribution in [3.63, 3.8) is 0 Å². The molecule has 0 fully saturated rings. The van der Waals surface area contributed by atoms with Gasteiger partial charge >= 0.3 is 0 Å². The predicted molar refractivity (Wildman–Crippen MR) is 81.2 cm³/mol. The van der Waals surface area contributed by atoms with Crippen molar-refractivity contribution in [3.05, 3.63) is 54.3 Å². The Labute approximate surface area is 121 Å². The number of amides is 1.